The highest BCUT2D eigenvalue weighted by Crippen LogP contribution is 2.45. The normalized spacial score (nSPS) is 28.4. The molecular formula is C17H28N2S. The zero-order valence-electron chi connectivity index (χ0n) is 13.2. The van der Waals surface area contributed by atoms with Crippen LogP contribution in [0.25, 0.3) is 0 Å². The molecule has 1 aliphatic heterocycles. The van der Waals surface area contributed by atoms with Gasteiger partial charge in [0, 0.05) is 22.8 Å². The van der Waals surface area contributed by atoms with E-state index in [1.807, 2.05) is 11.3 Å². The number of nitrogens with one attached hydrogen (secondary N) is 1. The van der Waals surface area contributed by atoms with Crippen molar-refractivity contribution >= 4 is 11.3 Å². The third kappa shape index (κ3) is 3.09. The molecular weight excluding hydrogens is 264 g/mol. The molecule has 0 amide bonds. The summed E-state index contributed by atoms with van der Waals surface area (Å²) in [6, 6.07) is 0. The predicted molar refractivity (Wildman–Crippen MR) is 86.4 cm³/mol. The quantitative estimate of drug-likeness (QED) is 0.898. The van der Waals surface area contributed by atoms with Crippen LogP contribution >= 0.6 is 11.3 Å². The van der Waals surface area contributed by atoms with Crippen molar-refractivity contribution in [3.05, 3.63) is 16.1 Å². The Bertz CT molecular complexity index is 446. The summed E-state index contributed by atoms with van der Waals surface area (Å²) in [5.74, 6) is 0.905. The molecule has 2 nitrogen and oxygen atoms in total. The second-order valence-electron chi connectivity index (χ2n) is 7.72. The Hall–Kier alpha value is -0.410. The van der Waals surface area contributed by atoms with Crippen molar-refractivity contribution in [2.75, 3.05) is 6.54 Å². The van der Waals surface area contributed by atoms with Gasteiger partial charge in [0.2, 0.25) is 0 Å². The summed E-state index contributed by atoms with van der Waals surface area (Å²) in [5.41, 5.74) is 1.80. The standard InChI is InChI=1S/C17H28N2S/c1-16(2,3)14-12-20-15(19-14)11-17(13-7-8-13)9-5-4-6-10-18-17/h12-13,18H,4-11H2,1-3H3. The first-order valence-corrected chi connectivity index (χ1v) is 9.07. The van der Waals surface area contributed by atoms with Crippen molar-refractivity contribution in [1.29, 1.82) is 0 Å². The molecule has 1 aromatic heterocycles. The lowest BCUT2D eigenvalue weighted by molar-refractivity contribution is 0.270. The maximum atomic E-state index is 4.94. The molecule has 2 aliphatic rings. The Labute approximate surface area is 127 Å². The molecule has 3 heteroatoms. The van der Waals surface area contributed by atoms with Crippen molar-refractivity contribution in [1.82, 2.24) is 10.3 Å². The van der Waals surface area contributed by atoms with E-state index >= 15 is 0 Å². The van der Waals surface area contributed by atoms with Crippen molar-refractivity contribution in [2.45, 2.75) is 76.7 Å². The highest BCUT2D eigenvalue weighted by molar-refractivity contribution is 7.09. The summed E-state index contributed by atoms with van der Waals surface area (Å²) in [7, 11) is 0. The highest BCUT2D eigenvalue weighted by Gasteiger charge is 2.45. The van der Waals surface area contributed by atoms with E-state index in [1.165, 1.54) is 55.8 Å². The van der Waals surface area contributed by atoms with Crippen LogP contribution in [0.15, 0.2) is 5.38 Å². The Morgan fingerprint density at radius 1 is 1.30 bits per heavy atom. The number of nitrogens with zero attached hydrogens (tertiary/aromatic N) is 1. The SMILES string of the molecule is CC(C)(C)c1csc(CC2(C3CC3)CCCCCN2)n1. The Morgan fingerprint density at radius 2 is 2.10 bits per heavy atom. The zero-order chi connectivity index (χ0) is 14.2. The zero-order valence-corrected chi connectivity index (χ0v) is 14.0. The first-order chi connectivity index (χ1) is 9.50. The summed E-state index contributed by atoms with van der Waals surface area (Å²) in [4.78, 5) is 4.94. The summed E-state index contributed by atoms with van der Waals surface area (Å²) in [6.07, 6.45) is 9.47. The van der Waals surface area contributed by atoms with Gasteiger partial charge < -0.3 is 5.32 Å². The van der Waals surface area contributed by atoms with E-state index in [-0.39, 0.29) is 5.41 Å². The molecule has 1 atom stereocenters. The van der Waals surface area contributed by atoms with Crippen molar-refractivity contribution < 1.29 is 0 Å². The Kier molecular flexibility index (Phi) is 3.93. The van der Waals surface area contributed by atoms with Gasteiger partial charge in [-0.3, -0.25) is 0 Å². The minimum absolute atomic E-state index is 0.179. The monoisotopic (exact) mass is 292 g/mol. The van der Waals surface area contributed by atoms with Crippen molar-refractivity contribution in [3.63, 3.8) is 0 Å². The van der Waals surface area contributed by atoms with Crippen LogP contribution < -0.4 is 5.32 Å². The molecule has 0 spiro atoms. The molecule has 112 valence electrons. The summed E-state index contributed by atoms with van der Waals surface area (Å²) < 4.78 is 0. The predicted octanol–water partition coefficient (Wildman–Crippen LogP) is 4.30. The van der Waals surface area contributed by atoms with Gasteiger partial charge in [-0.05, 0) is 38.1 Å². The van der Waals surface area contributed by atoms with E-state index in [1.54, 1.807) is 0 Å². The van der Waals surface area contributed by atoms with E-state index in [4.69, 9.17) is 4.98 Å². The van der Waals surface area contributed by atoms with Crippen LogP contribution in [0.5, 0.6) is 0 Å². The van der Waals surface area contributed by atoms with Gasteiger partial charge in [-0.25, -0.2) is 4.98 Å². The third-order valence-corrected chi connectivity index (χ3v) is 5.77. The van der Waals surface area contributed by atoms with Gasteiger partial charge in [-0.2, -0.15) is 0 Å². The summed E-state index contributed by atoms with van der Waals surface area (Å²) in [6.45, 7) is 7.97. The summed E-state index contributed by atoms with van der Waals surface area (Å²) in [5, 5.41) is 7.53. The minimum Gasteiger partial charge on any atom is -0.311 e. The van der Waals surface area contributed by atoms with Crippen molar-refractivity contribution in [3.8, 4) is 0 Å². The topological polar surface area (TPSA) is 24.9 Å². The largest absolute Gasteiger partial charge is 0.311 e. The van der Waals surface area contributed by atoms with Gasteiger partial charge in [-0.15, -0.1) is 11.3 Å². The number of thiazole rings is 1. The molecule has 1 aliphatic carbocycles. The number of hydrogen-bond acceptors (Lipinski definition) is 3. The smallest absolute Gasteiger partial charge is 0.0947 e. The minimum atomic E-state index is 0.179. The Balaban J connectivity index is 1.78. The molecule has 1 N–H and O–H groups in total. The molecule has 3 rings (SSSR count). The fourth-order valence-corrected chi connectivity index (χ4v) is 4.60. The van der Waals surface area contributed by atoms with Crippen LogP contribution in [0.3, 0.4) is 0 Å². The molecule has 20 heavy (non-hydrogen) atoms. The molecule has 1 unspecified atom stereocenters. The number of aromatic nitrogens is 1. The molecule has 2 fully saturated rings. The van der Waals surface area contributed by atoms with Crippen LogP contribution in [0.2, 0.25) is 0 Å². The maximum absolute atomic E-state index is 4.94. The number of hydrogen-bond donors (Lipinski definition) is 1. The Morgan fingerprint density at radius 3 is 2.75 bits per heavy atom. The fraction of sp³-hybridized carbons (Fsp3) is 0.824. The van der Waals surface area contributed by atoms with Crippen LogP contribution in [0.1, 0.15) is 70.0 Å². The van der Waals surface area contributed by atoms with Crippen LogP contribution in [0.4, 0.5) is 0 Å². The lowest BCUT2D eigenvalue weighted by Gasteiger charge is -2.33. The van der Waals surface area contributed by atoms with Gasteiger partial charge >= 0.3 is 0 Å². The fourth-order valence-electron chi connectivity index (χ4n) is 3.45. The van der Waals surface area contributed by atoms with E-state index in [9.17, 15) is 0 Å². The maximum Gasteiger partial charge on any atom is 0.0947 e. The highest BCUT2D eigenvalue weighted by atomic mass is 32.1. The van der Waals surface area contributed by atoms with Crippen LogP contribution in [-0.2, 0) is 11.8 Å². The first kappa shape index (κ1) is 14.5. The van der Waals surface area contributed by atoms with Crippen molar-refractivity contribution in [2.24, 2.45) is 5.92 Å². The van der Waals surface area contributed by atoms with Gasteiger partial charge in [0.15, 0.2) is 0 Å². The molecule has 0 aromatic carbocycles. The molecule has 1 saturated heterocycles. The van der Waals surface area contributed by atoms with Gasteiger partial charge in [-0.1, -0.05) is 33.6 Å². The summed E-state index contributed by atoms with van der Waals surface area (Å²) >= 11 is 1.87. The van der Waals surface area contributed by atoms with Gasteiger partial charge in [0.1, 0.15) is 0 Å². The number of rotatable bonds is 3. The molecule has 1 aromatic rings. The van der Waals surface area contributed by atoms with E-state index in [2.05, 4.69) is 31.5 Å². The third-order valence-electron chi connectivity index (χ3n) is 4.92. The van der Waals surface area contributed by atoms with E-state index in [0.717, 1.165) is 12.3 Å². The molecule has 1 saturated carbocycles. The lowest BCUT2D eigenvalue weighted by Crippen LogP contribution is -2.48. The average molecular weight is 292 g/mol. The van der Waals surface area contributed by atoms with Gasteiger partial charge in [0.25, 0.3) is 0 Å². The van der Waals surface area contributed by atoms with Gasteiger partial charge in [0.05, 0.1) is 10.7 Å². The lowest BCUT2D eigenvalue weighted by atomic mass is 9.85. The van der Waals surface area contributed by atoms with Crippen LogP contribution in [-0.4, -0.2) is 17.1 Å². The second-order valence-corrected chi connectivity index (χ2v) is 8.66. The van der Waals surface area contributed by atoms with E-state index in [0.29, 0.717) is 5.54 Å². The molecule has 0 bridgehead atoms. The molecule has 2 heterocycles. The van der Waals surface area contributed by atoms with Crippen LogP contribution in [0, 0.1) is 5.92 Å². The molecule has 0 radical (unpaired) electrons. The first-order valence-electron chi connectivity index (χ1n) is 8.20. The van der Waals surface area contributed by atoms with E-state index < -0.39 is 0 Å². The second kappa shape index (κ2) is 5.42. The average Bonchev–Trinajstić information content (AvgIpc) is 3.14.